The minimum absolute atomic E-state index is 0.0593. The van der Waals surface area contributed by atoms with Crippen LogP contribution in [0.3, 0.4) is 0 Å². The zero-order valence-electron chi connectivity index (χ0n) is 13.3. The van der Waals surface area contributed by atoms with E-state index in [-0.39, 0.29) is 10.1 Å². The molecule has 4 rings (SSSR count). The molecule has 26 heavy (non-hydrogen) atoms. The number of hydrazine groups is 1. The van der Waals surface area contributed by atoms with Crippen molar-refractivity contribution in [1.29, 1.82) is 0 Å². The summed E-state index contributed by atoms with van der Waals surface area (Å²) in [6, 6.07) is -1.13. The fraction of sp³-hybridized carbons (Fsp3) is 0.714. The second-order valence-electron chi connectivity index (χ2n) is 6.68. The van der Waals surface area contributed by atoms with Crippen LogP contribution in [0.15, 0.2) is 10.1 Å². The Morgan fingerprint density at radius 2 is 1.23 bits per heavy atom. The summed E-state index contributed by atoms with van der Waals surface area (Å²) < 4.78 is 7.91. The summed E-state index contributed by atoms with van der Waals surface area (Å²) in [5.74, 6) is -1.06. The van der Waals surface area contributed by atoms with Gasteiger partial charge in [-0.1, -0.05) is 46.4 Å². The van der Waals surface area contributed by atoms with Crippen LogP contribution in [-0.2, 0) is 9.47 Å². The van der Waals surface area contributed by atoms with E-state index in [9.17, 15) is 9.59 Å². The van der Waals surface area contributed by atoms with Gasteiger partial charge in [0.1, 0.15) is 9.75 Å². The third-order valence-electron chi connectivity index (χ3n) is 5.95. The van der Waals surface area contributed by atoms with Crippen LogP contribution >= 0.6 is 69.6 Å². The first-order valence-corrected chi connectivity index (χ1v) is 9.84. The zero-order valence-corrected chi connectivity index (χ0v) is 17.8. The van der Waals surface area contributed by atoms with Crippen molar-refractivity contribution in [2.75, 3.05) is 14.2 Å². The second-order valence-corrected chi connectivity index (χ2v) is 9.95. The van der Waals surface area contributed by atoms with Gasteiger partial charge in [-0.05, 0) is 6.42 Å². The highest BCUT2D eigenvalue weighted by Gasteiger charge is 2.88. The number of fused-ring (bicyclic) bond motifs is 9. The van der Waals surface area contributed by atoms with Crippen LogP contribution in [0.4, 0.5) is 9.59 Å². The predicted octanol–water partition coefficient (Wildman–Crippen LogP) is 4.27. The summed E-state index contributed by atoms with van der Waals surface area (Å²) in [6.45, 7) is 0. The molecule has 0 aromatic heterocycles. The van der Waals surface area contributed by atoms with Gasteiger partial charge < -0.3 is 9.47 Å². The Bertz CT molecular complexity index is 704. The summed E-state index contributed by atoms with van der Waals surface area (Å²) >= 11 is 39.7. The quantitative estimate of drug-likeness (QED) is 0.380. The number of rotatable bonds is 0. The van der Waals surface area contributed by atoms with Crippen LogP contribution in [0.5, 0.6) is 0 Å². The average Bonchev–Trinajstić information content (AvgIpc) is 3.24. The van der Waals surface area contributed by atoms with Crippen molar-refractivity contribution in [2.45, 2.75) is 32.6 Å². The van der Waals surface area contributed by atoms with E-state index in [4.69, 9.17) is 79.1 Å². The van der Waals surface area contributed by atoms with E-state index >= 15 is 0 Å². The Balaban J connectivity index is 1.90. The predicted molar refractivity (Wildman–Crippen MR) is 98.0 cm³/mol. The number of ether oxygens (including phenoxy) is 2. The van der Waals surface area contributed by atoms with Crippen LogP contribution in [0.2, 0.25) is 0 Å². The monoisotopic (exact) mass is 482 g/mol. The number of halogens is 6. The largest absolute Gasteiger partial charge is 0.452 e. The zero-order chi connectivity index (χ0) is 19.4. The van der Waals surface area contributed by atoms with Crippen molar-refractivity contribution in [3.8, 4) is 0 Å². The van der Waals surface area contributed by atoms with Gasteiger partial charge in [-0.2, -0.15) is 0 Å². The molecule has 0 N–H and O–H groups in total. The molecular formula is C14H12Cl6N2O4. The number of amides is 2. The number of hydrogen-bond acceptors (Lipinski definition) is 4. The van der Waals surface area contributed by atoms with Gasteiger partial charge >= 0.3 is 12.2 Å². The maximum absolute atomic E-state index is 12.4. The van der Waals surface area contributed by atoms with Gasteiger partial charge in [0.25, 0.3) is 0 Å². The van der Waals surface area contributed by atoms with Crippen LogP contribution in [0.1, 0.15) is 6.42 Å². The average molecular weight is 485 g/mol. The molecule has 0 radical (unpaired) electrons. The molecule has 3 fully saturated rings. The lowest BCUT2D eigenvalue weighted by atomic mass is 9.80. The van der Waals surface area contributed by atoms with Crippen molar-refractivity contribution in [2.24, 2.45) is 11.8 Å². The Kier molecular flexibility index (Phi) is 4.13. The topological polar surface area (TPSA) is 59.1 Å². The van der Waals surface area contributed by atoms with Crippen LogP contribution in [0.25, 0.3) is 0 Å². The standard InChI is InChI=1S/C14H12Cl6N2O4/c1-25-10(23)21-4-3-5(22(21)11(24)26-2)7-6(4)12(17)8(15)9(16)13(7,18)14(12,19)20/h4-7H,3H2,1-2H3. The Morgan fingerprint density at radius 3 is 1.54 bits per heavy atom. The maximum atomic E-state index is 12.4. The molecule has 0 spiro atoms. The molecule has 12 heteroatoms. The fourth-order valence-corrected chi connectivity index (χ4v) is 8.18. The third kappa shape index (κ3) is 1.72. The summed E-state index contributed by atoms with van der Waals surface area (Å²) in [4.78, 5) is 21.7. The van der Waals surface area contributed by atoms with Crippen molar-refractivity contribution in [3.63, 3.8) is 0 Å². The minimum Gasteiger partial charge on any atom is -0.452 e. The maximum Gasteiger partial charge on any atom is 0.428 e. The van der Waals surface area contributed by atoms with Gasteiger partial charge in [-0.3, -0.25) is 0 Å². The third-order valence-corrected chi connectivity index (χ3v) is 10.2. The normalized spacial score (nSPS) is 44.6. The molecule has 4 bridgehead atoms. The molecule has 3 aliphatic carbocycles. The van der Waals surface area contributed by atoms with E-state index in [2.05, 4.69) is 0 Å². The van der Waals surface area contributed by atoms with Gasteiger partial charge in [0.2, 0.25) is 0 Å². The lowest BCUT2D eigenvalue weighted by molar-refractivity contribution is -0.0664. The molecule has 6 nitrogen and oxygen atoms in total. The number of nitrogens with zero attached hydrogens (tertiary/aromatic N) is 2. The van der Waals surface area contributed by atoms with Gasteiger partial charge in [-0.25, -0.2) is 19.6 Å². The van der Waals surface area contributed by atoms with E-state index in [0.717, 1.165) is 0 Å². The number of carbonyl (C=O) groups is 2. The molecule has 4 aliphatic rings. The van der Waals surface area contributed by atoms with Crippen molar-refractivity contribution >= 4 is 81.8 Å². The molecule has 1 saturated heterocycles. The van der Waals surface area contributed by atoms with Gasteiger partial charge in [0.15, 0.2) is 4.33 Å². The lowest BCUT2D eigenvalue weighted by Crippen LogP contribution is -2.62. The number of hydrogen-bond donors (Lipinski definition) is 0. The number of allylic oxidation sites excluding steroid dienone is 2. The van der Waals surface area contributed by atoms with Crippen LogP contribution in [-0.4, -0.2) is 62.6 Å². The molecule has 6 unspecified atom stereocenters. The highest BCUT2D eigenvalue weighted by Crippen LogP contribution is 2.80. The summed E-state index contributed by atoms with van der Waals surface area (Å²) in [6.07, 6.45) is -1.09. The molecule has 2 amide bonds. The highest BCUT2D eigenvalue weighted by molar-refractivity contribution is 6.65. The van der Waals surface area contributed by atoms with E-state index in [1.165, 1.54) is 24.2 Å². The molecule has 1 aliphatic heterocycles. The van der Waals surface area contributed by atoms with Gasteiger partial charge in [0.05, 0.1) is 36.4 Å². The molecule has 144 valence electrons. The van der Waals surface area contributed by atoms with Crippen LogP contribution in [0, 0.1) is 11.8 Å². The van der Waals surface area contributed by atoms with Crippen molar-refractivity contribution in [1.82, 2.24) is 10.0 Å². The first-order valence-electron chi connectivity index (χ1n) is 7.57. The van der Waals surface area contributed by atoms with E-state index in [1.54, 1.807) is 0 Å². The Labute approximate surface area is 179 Å². The number of alkyl halides is 4. The Hall–Kier alpha value is 0.0200. The minimum atomic E-state index is -1.74. The summed E-state index contributed by atoms with van der Waals surface area (Å²) in [7, 11) is 2.41. The van der Waals surface area contributed by atoms with Crippen molar-refractivity contribution in [3.05, 3.63) is 10.1 Å². The first kappa shape index (κ1) is 19.3. The van der Waals surface area contributed by atoms with E-state index in [0.29, 0.717) is 6.42 Å². The van der Waals surface area contributed by atoms with E-state index < -0.39 is 50.2 Å². The fourth-order valence-electron chi connectivity index (χ4n) is 5.07. The first-order chi connectivity index (χ1) is 12.0. The molecular weight excluding hydrogens is 473 g/mol. The smallest absolute Gasteiger partial charge is 0.428 e. The lowest BCUT2D eigenvalue weighted by Gasteiger charge is -2.47. The van der Waals surface area contributed by atoms with Crippen LogP contribution < -0.4 is 0 Å². The number of carbonyl (C=O) groups excluding carboxylic acids is 2. The molecule has 1 heterocycles. The Morgan fingerprint density at radius 1 is 0.885 bits per heavy atom. The van der Waals surface area contributed by atoms with E-state index in [1.807, 2.05) is 0 Å². The molecule has 6 atom stereocenters. The van der Waals surface area contributed by atoms with Crippen molar-refractivity contribution < 1.29 is 19.1 Å². The van der Waals surface area contributed by atoms with Gasteiger partial charge in [0, 0.05) is 11.8 Å². The molecule has 2 saturated carbocycles. The number of methoxy groups -OCH3 is 2. The summed E-state index contributed by atoms with van der Waals surface area (Å²) in [5.41, 5.74) is 0. The van der Waals surface area contributed by atoms with Gasteiger partial charge in [-0.15, -0.1) is 23.2 Å². The molecule has 0 aromatic carbocycles. The SMILES string of the molecule is COC(=O)N1C2CC(C3C2C2(Cl)C(Cl)=C(Cl)C3(Cl)C2(Cl)Cl)N1C(=O)OC. The highest BCUT2D eigenvalue weighted by atomic mass is 35.5. The summed E-state index contributed by atoms with van der Waals surface area (Å²) in [5, 5.41) is 2.46. The molecule has 0 aromatic rings. The second kappa shape index (κ2) is 5.55.